The highest BCUT2D eigenvalue weighted by Crippen LogP contribution is 2.27. The fourth-order valence-electron chi connectivity index (χ4n) is 4.17. The van der Waals surface area contributed by atoms with E-state index in [-0.39, 0.29) is 24.6 Å². The molecule has 3 N–H and O–H groups in total. The van der Waals surface area contributed by atoms with Crippen LogP contribution in [0.4, 0.5) is 4.79 Å². The number of ether oxygens (including phenoxy) is 1. The topological polar surface area (TPSA) is 108 Å². The molecule has 2 aromatic carbocycles. The Morgan fingerprint density at radius 1 is 1.10 bits per heavy atom. The standard InChI is InChI=1S/C31H43N3O5/c1-7-9-13-18-32-28(36)27(24-16-17-26(35)22(3)20-24)34(19-8-2)29(37)25(21-23-14-11-10-12-15-23)33-30(38)39-31(4,5)6/h8,10-12,14-17,20,25,27,35H,2,7,9,13,18-19,21H2,1,3-6H3,(H,32,36)(H,33,38). The van der Waals surface area contributed by atoms with Gasteiger partial charge in [-0.1, -0.05) is 62.2 Å². The summed E-state index contributed by atoms with van der Waals surface area (Å²) < 4.78 is 5.45. The van der Waals surface area contributed by atoms with Gasteiger partial charge >= 0.3 is 6.09 Å². The molecule has 0 bridgehead atoms. The molecule has 2 unspecified atom stereocenters. The molecule has 8 nitrogen and oxygen atoms in total. The first kappa shape index (κ1) is 31.4. The molecule has 0 saturated heterocycles. The highest BCUT2D eigenvalue weighted by molar-refractivity contribution is 5.92. The van der Waals surface area contributed by atoms with E-state index in [4.69, 9.17) is 4.74 Å². The smallest absolute Gasteiger partial charge is 0.408 e. The van der Waals surface area contributed by atoms with Crippen molar-refractivity contribution < 1.29 is 24.2 Å². The minimum absolute atomic E-state index is 0.0626. The number of hydrogen-bond acceptors (Lipinski definition) is 5. The molecule has 0 aliphatic carbocycles. The van der Waals surface area contributed by atoms with Crippen LogP contribution in [0, 0.1) is 6.92 Å². The van der Waals surface area contributed by atoms with E-state index >= 15 is 0 Å². The lowest BCUT2D eigenvalue weighted by Crippen LogP contribution is -2.54. The molecule has 3 amide bonds. The summed E-state index contributed by atoms with van der Waals surface area (Å²) in [4.78, 5) is 42.0. The number of carbonyl (C=O) groups excluding carboxylic acids is 3. The van der Waals surface area contributed by atoms with Gasteiger partial charge in [0.25, 0.3) is 0 Å². The summed E-state index contributed by atoms with van der Waals surface area (Å²) in [6.45, 7) is 13.4. The zero-order chi connectivity index (χ0) is 29.0. The number of phenols is 1. The van der Waals surface area contributed by atoms with Crippen molar-refractivity contribution in [2.45, 2.75) is 78.0 Å². The summed E-state index contributed by atoms with van der Waals surface area (Å²) >= 11 is 0. The monoisotopic (exact) mass is 537 g/mol. The van der Waals surface area contributed by atoms with Crippen LogP contribution in [0.1, 0.15) is 69.7 Å². The van der Waals surface area contributed by atoms with Crippen LogP contribution in [0.15, 0.2) is 61.2 Å². The fraction of sp³-hybridized carbons (Fsp3) is 0.452. The number of carbonyl (C=O) groups is 3. The van der Waals surface area contributed by atoms with Crippen molar-refractivity contribution in [1.82, 2.24) is 15.5 Å². The maximum Gasteiger partial charge on any atom is 0.408 e. The first-order valence-electron chi connectivity index (χ1n) is 13.5. The normalized spacial score (nSPS) is 12.6. The van der Waals surface area contributed by atoms with Crippen molar-refractivity contribution in [1.29, 1.82) is 0 Å². The van der Waals surface area contributed by atoms with Crippen LogP contribution in [-0.4, -0.2) is 52.6 Å². The van der Waals surface area contributed by atoms with E-state index in [1.807, 2.05) is 30.3 Å². The van der Waals surface area contributed by atoms with E-state index in [0.29, 0.717) is 17.7 Å². The summed E-state index contributed by atoms with van der Waals surface area (Å²) in [7, 11) is 0. The summed E-state index contributed by atoms with van der Waals surface area (Å²) in [6.07, 6.45) is 3.82. The summed E-state index contributed by atoms with van der Waals surface area (Å²) in [5.41, 5.74) is 1.21. The third kappa shape index (κ3) is 10.1. The van der Waals surface area contributed by atoms with E-state index in [1.54, 1.807) is 45.9 Å². The first-order valence-corrected chi connectivity index (χ1v) is 13.5. The molecule has 39 heavy (non-hydrogen) atoms. The van der Waals surface area contributed by atoms with Crippen molar-refractivity contribution >= 4 is 17.9 Å². The third-order valence-electron chi connectivity index (χ3n) is 6.06. The van der Waals surface area contributed by atoms with Gasteiger partial charge in [0.1, 0.15) is 23.4 Å². The SMILES string of the molecule is C=CCN(C(=O)C(Cc1ccccc1)NC(=O)OC(C)(C)C)C(C(=O)NCCCCC)c1ccc(O)c(C)c1. The second kappa shape index (κ2) is 15.0. The molecule has 0 heterocycles. The van der Waals surface area contributed by atoms with Gasteiger partial charge in [0.05, 0.1) is 0 Å². The van der Waals surface area contributed by atoms with Crippen molar-refractivity contribution in [3.63, 3.8) is 0 Å². The predicted octanol–water partition coefficient (Wildman–Crippen LogP) is 5.20. The van der Waals surface area contributed by atoms with Crippen molar-refractivity contribution in [3.8, 4) is 5.75 Å². The van der Waals surface area contributed by atoms with Gasteiger partial charge in [-0.25, -0.2) is 4.79 Å². The van der Waals surface area contributed by atoms with E-state index < -0.39 is 29.7 Å². The highest BCUT2D eigenvalue weighted by atomic mass is 16.6. The Bertz CT molecular complexity index is 1110. The molecule has 2 rings (SSSR count). The second-order valence-electron chi connectivity index (χ2n) is 10.6. The van der Waals surface area contributed by atoms with Crippen LogP contribution in [0.3, 0.4) is 0 Å². The summed E-state index contributed by atoms with van der Waals surface area (Å²) in [5.74, 6) is -0.706. The lowest BCUT2D eigenvalue weighted by molar-refractivity contribution is -0.141. The minimum Gasteiger partial charge on any atom is -0.508 e. The van der Waals surface area contributed by atoms with Crippen LogP contribution in [0.25, 0.3) is 0 Å². The Labute approximate surface area is 232 Å². The van der Waals surface area contributed by atoms with Crippen LogP contribution < -0.4 is 10.6 Å². The molecule has 0 aromatic heterocycles. The Morgan fingerprint density at radius 2 is 1.79 bits per heavy atom. The maximum absolute atomic E-state index is 14.2. The molecule has 0 aliphatic heterocycles. The highest BCUT2D eigenvalue weighted by Gasteiger charge is 2.36. The second-order valence-corrected chi connectivity index (χ2v) is 10.6. The Hall–Kier alpha value is -3.81. The number of hydrogen-bond donors (Lipinski definition) is 3. The van der Waals surface area contributed by atoms with Gasteiger partial charge in [-0.15, -0.1) is 6.58 Å². The van der Waals surface area contributed by atoms with E-state index in [1.165, 1.54) is 11.0 Å². The van der Waals surface area contributed by atoms with Gasteiger partial charge in [0, 0.05) is 19.5 Å². The molecule has 0 spiro atoms. The van der Waals surface area contributed by atoms with Crippen LogP contribution >= 0.6 is 0 Å². The average molecular weight is 538 g/mol. The lowest BCUT2D eigenvalue weighted by atomic mass is 9.98. The number of alkyl carbamates (subject to hydrolysis) is 1. The van der Waals surface area contributed by atoms with Gasteiger partial charge < -0.3 is 25.4 Å². The Balaban J connectivity index is 2.50. The Morgan fingerprint density at radius 3 is 2.38 bits per heavy atom. The van der Waals surface area contributed by atoms with Crippen LogP contribution in [-0.2, 0) is 20.7 Å². The van der Waals surface area contributed by atoms with E-state index in [0.717, 1.165) is 24.8 Å². The quantitative estimate of drug-likeness (QED) is 0.241. The van der Waals surface area contributed by atoms with Gasteiger partial charge in [0.2, 0.25) is 11.8 Å². The van der Waals surface area contributed by atoms with Crippen LogP contribution in [0.2, 0.25) is 0 Å². The van der Waals surface area contributed by atoms with Gasteiger partial charge in [-0.3, -0.25) is 9.59 Å². The number of aromatic hydroxyl groups is 1. The molecular formula is C31H43N3O5. The number of nitrogens with zero attached hydrogens (tertiary/aromatic N) is 1. The Kier molecular flexibility index (Phi) is 12.0. The van der Waals surface area contributed by atoms with E-state index in [9.17, 15) is 19.5 Å². The fourth-order valence-corrected chi connectivity index (χ4v) is 4.17. The predicted molar refractivity (Wildman–Crippen MR) is 153 cm³/mol. The molecule has 0 saturated carbocycles. The number of benzene rings is 2. The maximum atomic E-state index is 14.2. The molecule has 2 atom stereocenters. The third-order valence-corrected chi connectivity index (χ3v) is 6.06. The largest absolute Gasteiger partial charge is 0.508 e. The van der Waals surface area contributed by atoms with Crippen LogP contribution in [0.5, 0.6) is 5.75 Å². The number of unbranched alkanes of at least 4 members (excludes halogenated alkanes) is 2. The summed E-state index contributed by atoms with van der Waals surface area (Å²) in [6, 6.07) is 12.2. The number of phenolic OH excluding ortho intramolecular Hbond substituents is 1. The molecule has 0 radical (unpaired) electrons. The van der Waals surface area contributed by atoms with Crippen molar-refractivity contribution in [2.24, 2.45) is 0 Å². The van der Waals surface area contributed by atoms with Gasteiger partial charge in [-0.2, -0.15) is 0 Å². The molecule has 8 heteroatoms. The lowest BCUT2D eigenvalue weighted by Gasteiger charge is -2.34. The van der Waals surface area contributed by atoms with Gasteiger partial charge in [-0.05, 0) is 62.9 Å². The molecule has 2 aromatic rings. The van der Waals surface area contributed by atoms with E-state index in [2.05, 4.69) is 24.1 Å². The van der Waals surface area contributed by atoms with Gasteiger partial charge in [0.15, 0.2) is 0 Å². The molecule has 0 fully saturated rings. The van der Waals surface area contributed by atoms with Crippen molar-refractivity contribution in [2.75, 3.05) is 13.1 Å². The average Bonchev–Trinajstić information content (AvgIpc) is 2.87. The summed E-state index contributed by atoms with van der Waals surface area (Å²) in [5, 5.41) is 15.8. The zero-order valence-electron chi connectivity index (χ0n) is 23.8. The number of nitrogens with one attached hydrogen (secondary N) is 2. The molecule has 212 valence electrons. The number of amides is 3. The molecule has 0 aliphatic rings. The van der Waals surface area contributed by atoms with Crippen molar-refractivity contribution in [3.05, 3.63) is 77.9 Å². The zero-order valence-corrected chi connectivity index (χ0v) is 23.8. The first-order chi connectivity index (χ1) is 18.5. The molecular weight excluding hydrogens is 494 g/mol. The number of rotatable bonds is 13. The number of aryl methyl sites for hydroxylation is 1. The minimum atomic E-state index is -1.00.